The summed E-state index contributed by atoms with van der Waals surface area (Å²) >= 11 is 0. The van der Waals surface area contributed by atoms with Crippen molar-refractivity contribution in [3.05, 3.63) is 30.6 Å². The molecule has 2 aromatic rings. The Morgan fingerprint density at radius 2 is 2.08 bits per heavy atom. The topological polar surface area (TPSA) is 108 Å². The number of aliphatic carboxylic acids is 1. The number of nitrogens with zero attached hydrogens (tertiary/aromatic N) is 4. The number of imide groups is 1. The highest BCUT2D eigenvalue weighted by atomic mass is 16.4. The van der Waals surface area contributed by atoms with Crippen LogP contribution in [0.25, 0.3) is 11.0 Å². The number of nitrogens with one attached hydrogen (secondary N) is 1. The molecule has 1 aliphatic rings. The lowest BCUT2D eigenvalue weighted by molar-refractivity contribution is -0.141. The summed E-state index contributed by atoms with van der Waals surface area (Å²) < 4.78 is 1.81. The van der Waals surface area contributed by atoms with E-state index in [1.165, 1.54) is 4.90 Å². The van der Waals surface area contributed by atoms with Gasteiger partial charge in [-0.1, -0.05) is 12.1 Å². The van der Waals surface area contributed by atoms with E-state index in [2.05, 4.69) is 10.4 Å². The fourth-order valence-electron chi connectivity index (χ4n) is 2.61. The standard InChI is InChI=1S/C15H17N5O4/c21-13-8-18(15(24)19(13)9-14(22)23)7-3-6-17-20-10-16-11-4-1-2-5-12(11)20/h1-2,4-5,10,17H,3,6-9H2,(H,22,23). The molecule has 3 amide bonds. The van der Waals surface area contributed by atoms with Gasteiger partial charge >= 0.3 is 12.0 Å². The Kier molecular flexibility index (Phi) is 4.32. The minimum absolute atomic E-state index is 0.0693. The minimum atomic E-state index is -1.20. The molecule has 3 rings (SSSR count). The van der Waals surface area contributed by atoms with E-state index in [-0.39, 0.29) is 6.54 Å². The van der Waals surface area contributed by atoms with Crippen molar-refractivity contribution in [2.24, 2.45) is 0 Å². The second-order valence-corrected chi connectivity index (χ2v) is 5.44. The van der Waals surface area contributed by atoms with Crippen molar-refractivity contribution in [2.45, 2.75) is 6.42 Å². The summed E-state index contributed by atoms with van der Waals surface area (Å²) in [6, 6.07) is 7.16. The van der Waals surface area contributed by atoms with Gasteiger partial charge in [0.05, 0.1) is 11.0 Å². The number of urea groups is 1. The Morgan fingerprint density at radius 3 is 2.88 bits per heavy atom. The maximum atomic E-state index is 12.0. The number of benzene rings is 1. The Hall–Kier alpha value is -3.10. The first-order chi connectivity index (χ1) is 11.6. The molecule has 0 unspecified atom stereocenters. The molecule has 1 aromatic carbocycles. The highest BCUT2D eigenvalue weighted by molar-refractivity contribution is 6.03. The first kappa shape index (κ1) is 15.8. The van der Waals surface area contributed by atoms with Crippen LogP contribution in [-0.2, 0) is 9.59 Å². The number of hydrogen-bond acceptors (Lipinski definition) is 5. The van der Waals surface area contributed by atoms with Gasteiger partial charge in [-0.05, 0) is 18.6 Å². The van der Waals surface area contributed by atoms with Gasteiger partial charge < -0.3 is 15.4 Å². The molecular formula is C15H17N5O4. The molecule has 0 saturated carbocycles. The summed E-state index contributed by atoms with van der Waals surface area (Å²) in [6.07, 6.45) is 2.30. The quantitative estimate of drug-likeness (QED) is 0.559. The number of carbonyl (C=O) groups is 3. The van der Waals surface area contributed by atoms with Crippen LogP contribution < -0.4 is 5.43 Å². The van der Waals surface area contributed by atoms with Crippen molar-refractivity contribution in [3.63, 3.8) is 0 Å². The van der Waals surface area contributed by atoms with Crippen LogP contribution in [0.2, 0.25) is 0 Å². The van der Waals surface area contributed by atoms with E-state index in [0.29, 0.717) is 19.5 Å². The van der Waals surface area contributed by atoms with Gasteiger partial charge in [-0.25, -0.2) is 14.5 Å². The Balaban J connectivity index is 1.49. The van der Waals surface area contributed by atoms with Gasteiger partial charge in [0.25, 0.3) is 5.91 Å². The summed E-state index contributed by atoms with van der Waals surface area (Å²) in [6.45, 7) is 0.297. The van der Waals surface area contributed by atoms with Gasteiger partial charge in [0.2, 0.25) is 0 Å². The number of amides is 3. The van der Waals surface area contributed by atoms with Crippen molar-refractivity contribution >= 4 is 28.9 Å². The highest BCUT2D eigenvalue weighted by Crippen LogP contribution is 2.11. The van der Waals surface area contributed by atoms with E-state index in [4.69, 9.17) is 5.11 Å². The van der Waals surface area contributed by atoms with Crippen LogP contribution in [0.1, 0.15) is 6.42 Å². The zero-order valence-corrected chi connectivity index (χ0v) is 12.9. The number of fused-ring (bicyclic) bond motifs is 1. The number of para-hydroxylation sites is 2. The van der Waals surface area contributed by atoms with E-state index in [1.807, 2.05) is 28.9 Å². The minimum Gasteiger partial charge on any atom is -0.480 e. The van der Waals surface area contributed by atoms with Crippen molar-refractivity contribution in [2.75, 3.05) is 31.6 Å². The highest BCUT2D eigenvalue weighted by Gasteiger charge is 2.36. The Morgan fingerprint density at radius 1 is 1.29 bits per heavy atom. The van der Waals surface area contributed by atoms with Gasteiger partial charge in [0.15, 0.2) is 0 Å². The van der Waals surface area contributed by atoms with Crippen LogP contribution in [0, 0.1) is 0 Å². The zero-order chi connectivity index (χ0) is 17.1. The van der Waals surface area contributed by atoms with Crippen LogP contribution in [0.4, 0.5) is 4.79 Å². The van der Waals surface area contributed by atoms with E-state index < -0.39 is 24.5 Å². The average Bonchev–Trinajstić information content (AvgIpc) is 3.08. The molecule has 1 saturated heterocycles. The predicted molar refractivity (Wildman–Crippen MR) is 84.9 cm³/mol. The van der Waals surface area contributed by atoms with Crippen molar-refractivity contribution in [1.82, 2.24) is 19.5 Å². The molecule has 1 aromatic heterocycles. The molecule has 0 radical (unpaired) electrons. The predicted octanol–water partition coefficient (Wildman–Crippen LogP) is 0.319. The summed E-state index contributed by atoms with van der Waals surface area (Å²) in [5.41, 5.74) is 5.02. The number of imidazole rings is 1. The molecule has 0 spiro atoms. The van der Waals surface area contributed by atoms with Gasteiger partial charge in [-0.2, -0.15) is 0 Å². The van der Waals surface area contributed by atoms with E-state index in [0.717, 1.165) is 15.9 Å². The van der Waals surface area contributed by atoms with Crippen LogP contribution in [0.5, 0.6) is 0 Å². The van der Waals surface area contributed by atoms with Crippen LogP contribution in [-0.4, -0.2) is 68.7 Å². The van der Waals surface area contributed by atoms with Crippen molar-refractivity contribution in [1.29, 1.82) is 0 Å². The average molecular weight is 331 g/mol. The lowest BCUT2D eigenvalue weighted by Gasteiger charge is -2.16. The number of carbonyl (C=O) groups excluding carboxylic acids is 2. The van der Waals surface area contributed by atoms with Gasteiger partial charge in [-0.15, -0.1) is 0 Å². The number of carboxylic acids is 1. The third kappa shape index (κ3) is 3.14. The summed E-state index contributed by atoms with van der Waals surface area (Å²) in [7, 11) is 0. The molecule has 24 heavy (non-hydrogen) atoms. The number of carboxylic acid groups (broad SMARTS) is 1. The Bertz CT molecular complexity index is 787. The molecule has 0 bridgehead atoms. The van der Waals surface area contributed by atoms with Gasteiger partial charge in [0, 0.05) is 13.1 Å². The molecule has 126 valence electrons. The molecule has 2 N–H and O–H groups in total. The lowest BCUT2D eigenvalue weighted by atomic mass is 10.3. The van der Waals surface area contributed by atoms with E-state index in [1.54, 1.807) is 6.33 Å². The van der Waals surface area contributed by atoms with E-state index >= 15 is 0 Å². The van der Waals surface area contributed by atoms with Crippen molar-refractivity contribution < 1.29 is 19.5 Å². The molecule has 1 aliphatic heterocycles. The van der Waals surface area contributed by atoms with E-state index in [9.17, 15) is 14.4 Å². The smallest absolute Gasteiger partial charge is 0.327 e. The second kappa shape index (κ2) is 6.57. The lowest BCUT2D eigenvalue weighted by Crippen LogP contribution is -2.37. The molecule has 0 aliphatic carbocycles. The fraction of sp³-hybridized carbons (Fsp3) is 0.333. The van der Waals surface area contributed by atoms with Crippen LogP contribution in [0.15, 0.2) is 30.6 Å². The summed E-state index contributed by atoms with van der Waals surface area (Å²) in [5.74, 6) is -1.68. The first-order valence-electron chi connectivity index (χ1n) is 7.53. The molecule has 0 atom stereocenters. The SMILES string of the molecule is O=C(O)CN1C(=O)CN(CCCNn2cnc3ccccc32)C1=O. The monoisotopic (exact) mass is 331 g/mol. The normalized spacial score (nSPS) is 14.7. The Labute approximate surface area is 137 Å². The first-order valence-corrected chi connectivity index (χ1v) is 7.53. The van der Waals surface area contributed by atoms with Gasteiger partial charge in [-0.3, -0.25) is 14.5 Å². The fourth-order valence-corrected chi connectivity index (χ4v) is 2.61. The molecule has 1 fully saturated rings. The number of rotatable bonds is 7. The molecule has 2 heterocycles. The maximum Gasteiger partial charge on any atom is 0.327 e. The third-order valence-electron chi connectivity index (χ3n) is 3.76. The summed E-state index contributed by atoms with van der Waals surface area (Å²) in [4.78, 5) is 40.7. The van der Waals surface area contributed by atoms with Gasteiger partial charge in [0.1, 0.15) is 19.4 Å². The van der Waals surface area contributed by atoms with Crippen LogP contribution >= 0.6 is 0 Å². The molecule has 9 heteroatoms. The molecular weight excluding hydrogens is 314 g/mol. The zero-order valence-electron chi connectivity index (χ0n) is 12.9. The summed E-state index contributed by atoms with van der Waals surface area (Å²) in [5, 5.41) is 8.72. The maximum absolute atomic E-state index is 12.0. The third-order valence-corrected chi connectivity index (χ3v) is 3.76. The number of aromatic nitrogens is 2. The second-order valence-electron chi connectivity index (χ2n) is 5.44. The number of hydrogen-bond donors (Lipinski definition) is 2. The largest absolute Gasteiger partial charge is 0.480 e. The van der Waals surface area contributed by atoms with Crippen molar-refractivity contribution in [3.8, 4) is 0 Å². The molecule has 9 nitrogen and oxygen atoms in total. The van der Waals surface area contributed by atoms with Crippen LogP contribution in [0.3, 0.4) is 0 Å².